The number of carbonyl (C=O) groups excluding carboxylic acids is 1. The van der Waals surface area contributed by atoms with Gasteiger partial charge in [-0.05, 0) is 12.5 Å². The van der Waals surface area contributed by atoms with Crippen molar-refractivity contribution in [2.45, 2.75) is 25.8 Å². The zero-order valence-corrected chi connectivity index (χ0v) is 11.5. The van der Waals surface area contributed by atoms with Gasteiger partial charge in [-0.15, -0.1) is 11.8 Å². The minimum absolute atomic E-state index is 0.0854. The van der Waals surface area contributed by atoms with E-state index in [1.807, 2.05) is 0 Å². The summed E-state index contributed by atoms with van der Waals surface area (Å²) in [6, 6.07) is 8.53. The maximum Gasteiger partial charge on any atom is 0.307 e. The van der Waals surface area contributed by atoms with Crippen LogP contribution in [0.3, 0.4) is 0 Å². The van der Waals surface area contributed by atoms with Crippen LogP contribution in [0.4, 0.5) is 0 Å². The van der Waals surface area contributed by atoms with Gasteiger partial charge in [0.05, 0.1) is 24.6 Å². The third kappa shape index (κ3) is 3.60. The first-order valence-corrected chi connectivity index (χ1v) is 6.98. The molecular weight excluding hydrogens is 246 g/mol. The molecule has 0 bridgehead atoms. The number of rotatable bonds is 4. The number of nitrogens with zero attached hydrogens (tertiary/aromatic N) is 1. The number of carbonyl (C=O) groups is 1. The molecule has 0 amide bonds. The summed E-state index contributed by atoms with van der Waals surface area (Å²) in [5.74, 6) is 0.706. The Balaban J connectivity index is 1.95. The Hall–Kier alpha value is -1.29. The molecule has 0 aromatic heterocycles. The third-order valence-electron chi connectivity index (χ3n) is 2.84. The molecule has 0 N–H and O–H groups in total. The molecule has 0 saturated carbocycles. The van der Waals surface area contributed by atoms with Gasteiger partial charge in [0.25, 0.3) is 0 Å². The monoisotopic (exact) mass is 263 g/mol. The van der Waals surface area contributed by atoms with Gasteiger partial charge in [-0.25, -0.2) is 0 Å². The van der Waals surface area contributed by atoms with Gasteiger partial charge in [-0.1, -0.05) is 29.8 Å². The molecule has 1 heterocycles. The molecule has 0 spiro atoms. The zero-order valence-electron chi connectivity index (χ0n) is 10.7. The number of hydrogen-bond donors (Lipinski definition) is 0. The van der Waals surface area contributed by atoms with Crippen LogP contribution in [0.5, 0.6) is 0 Å². The highest BCUT2D eigenvalue weighted by Crippen LogP contribution is 2.23. The molecule has 1 unspecified atom stereocenters. The molecule has 18 heavy (non-hydrogen) atoms. The minimum atomic E-state index is -0.179. The fourth-order valence-electron chi connectivity index (χ4n) is 1.94. The van der Waals surface area contributed by atoms with E-state index >= 15 is 0 Å². The number of hydrogen-bond acceptors (Lipinski definition) is 4. The Bertz CT molecular complexity index is 471. The second-order valence-electron chi connectivity index (χ2n) is 4.43. The first-order chi connectivity index (χ1) is 8.67. The number of esters is 1. The lowest BCUT2D eigenvalue weighted by atomic mass is 10.1. The highest BCUT2D eigenvalue weighted by Gasteiger charge is 2.21. The molecule has 2 rings (SSSR count). The van der Waals surface area contributed by atoms with Crippen molar-refractivity contribution >= 4 is 22.8 Å². The molecule has 1 aromatic rings. The van der Waals surface area contributed by atoms with Crippen molar-refractivity contribution in [2.75, 3.05) is 12.9 Å². The molecule has 4 heteroatoms. The summed E-state index contributed by atoms with van der Waals surface area (Å²) < 4.78 is 4.66. The van der Waals surface area contributed by atoms with Crippen LogP contribution in [0.25, 0.3) is 0 Å². The van der Waals surface area contributed by atoms with Gasteiger partial charge < -0.3 is 4.74 Å². The molecule has 0 aliphatic carbocycles. The summed E-state index contributed by atoms with van der Waals surface area (Å²) in [7, 11) is 1.42. The minimum Gasteiger partial charge on any atom is -0.469 e. The second kappa shape index (κ2) is 6.05. The predicted octanol–water partition coefficient (Wildman–Crippen LogP) is 2.61. The highest BCUT2D eigenvalue weighted by atomic mass is 32.2. The molecule has 1 atom stereocenters. The van der Waals surface area contributed by atoms with E-state index in [2.05, 4.69) is 40.9 Å². The highest BCUT2D eigenvalue weighted by molar-refractivity contribution is 8.14. The van der Waals surface area contributed by atoms with Gasteiger partial charge in [0.2, 0.25) is 0 Å². The van der Waals surface area contributed by atoms with Crippen molar-refractivity contribution < 1.29 is 9.53 Å². The Morgan fingerprint density at radius 3 is 3.11 bits per heavy atom. The van der Waals surface area contributed by atoms with E-state index in [1.165, 1.54) is 18.2 Å². The standard InChI is InChI=1S/C14H17NO2S/c1-10-4-3-5-11(6-10)7-13-15-12(9-18-13)8-14(16)17-2/h3-6,12H,7-9H2,1-2H3. The van der Waals surface area contributed by atoms with Crippen molar-refractivity contribution in [2.24, 2.45) is 4.99 Å². The van der Waals surface area contributed by atoms with E-state index in [9.17, 15) is 4.79 Å². The maximum atomic E-state index is 11.2. The van der Waals surface area contributed by atoms with Crippen LogP contribution >= 0.6 is 11.8 Å². The van der Waals surface area contributed by atoms with E-state index in [-0.39, 0.29) is 12.0 Å². The second-order valence-corrected chi connectivity index (χ2v) is 5.53. The Labute approximate surface area is 112 Å². The molecule has 96 valence electrons. The van der Waals surface area contributed by atoms with Crippen molar-refractivity contribution in [3.05, 3.63) is 35.4 Å². The first kappa shape index (κ1) is 13.1. The van der Waals surface area contributed by atoms with Crippen LogP contribution in [0, 0.1) is 6.92 Å². The summed E-state index contributed by atoms with van der Waals surface area (Å²) in [5, 5.41) is 1.12. The molecule has 0 radical (unpaired) electrons. The van der Waals surface area contributed by atoms with Crippen LogP contribution in [-0.2, 0) is 16.0 Å². The van der Waals surface area contributed by atoms with Crippen molar-refractivity contribution in [1.29, 1.82) is 0 Å². The first-order valence-electron chi connectivity index (χ1n) is 5.99. The van der Waals surface area contributed by atoms with Crippen LogP contribution in [0.1, 0.15) is 17.5 Å². The van der Waals surface area contributed by atoms with E-state index in [0.717, 1.165) is 17.2 Å². The number of aryl methyl sites for hydroxylation is 1. The van der Waals surface area contributed by atoms with Gasteiger partial charge in [0, 0.05) is 12.2 Å². The number of benzene rings is 1. The van der Waals surface area contributed by atoms with Crippen LogP contribution < -0.4 is 0 Å². The normalized spacial score (nSPS) is 18.6. The smallest absolute Gasteiger partial charge is 0.307 e. The Kier molecular flexibility index (Phi) is 4.42. The van der Waals surface area contributed by atoms with E-state index < -0.39 is 0 Å². The van der Waals surface area contributed by atoms with Crippen LogP contribution in [0.2, 0.25) is 0 Å². The van der Waals surface area contributed by atoms with Gasteiger partial charge in [0.15, 0.2) is 0 Å². The van der Waals surface area contributed by atoms with E-state index in [4.69, 9.17) is 0 Å². The lowest BCUT2D eigenvalue weighted by molar-refractivity contribution is -0.140. The molecule has 1 aliphatic rings. The average molecular weight is 263 g/mol. The van der Waals surface area contributed by atoms with Crippen LogP contribution in [0.15, 0.2) is 29.3 Å². The summed E-state index contributed by atoms with van der Waals surface area (Å²) >= 11 is 1.75. The number of thioether (sulfide) groups is 1. The van der Waals surface area contributed by atoms with Crippen LogP contribution in [-0.4, -0.2) is 29.9 Å². The average Bonchev–Trinajstić information content (AvgIpc) is 2.76. The van der Waals surface area contributed by atoms with Gasteiger partial charge in [0.1, 0.15) is 0 Å². The predicted molar refractivity (Wildman–Crippen MR) is 75.2 cm³/mol. The number of methoxy groups -OCH3 is 1. The quantitative estimate of drug-likeness (QED) is 0.784. The lowest BCUT2D eigenvalue weighted by Crippen LogP contribution is -2.12. The van der Waals surface area contributed by atoms with E-state index in [0.29, 0.717) is 6.42 Å². The summed E-state index contributed by atoms with van der Waals surface area (Å²) in [5.41, 5.74) is 2.54. The molecule has 1 aliphatic heterocycles. The molecule has 0 fully saturated rings. The fraction of sp³-hybridized carbons (Fsp3) is 0.429. The molecule has 1 aromatic carbocycles. The summed E-state index contributed by atoms with van der Waals surface area (Å²) in [6.45, 7) is 2.09. The summed E-state index contributed by atoms with van der Waals surface area (Å²) in [6.07, 6.45) is 1.25. The third-order valence-corrected chi connectivity index (χ3v) is 3.97. The largest absolute Gasteiger partial charge is 0.469 e. The molecule has 3 nitrogen and oxygen atoms in total. The van der Waals surface area contributed by atoms with Crippen molar-refractivity contribution in [1.82, 2.24) is 0 Å². The maximum absolute atomic E-state index is 11.2. The van der Waals surface area contributed by atoms with Gasteiger partial charge in [-0.3, -0.25) is 9.79 Å². The SMILES string of the molecule is COC(=O)CC1CSC(Cc2cccc(C)c2)=N1. The number of ether oxygens (including phenoxy) is 1. The Morgan fingerprint density at radius 1 is 1.56 bits per heavy atom. The molecular formula is C14H17NO2S. The lowest BCUT2D eigenvalue weighted by Gasteiger charge is -2.02. The van der Waals surface area contributed by atoms with Crippen molar-refractivity contribution in [3.8, 4) is 0 Å². The molecule has 0 saturated heterocycles. The zero-order chi connectivity index (χ0) is 13.0. The summed E-state index contributed by atoms with van der Waals surface area (Å²) in [4.78, 5) is 15.8. The number of aliphatic imine (C=N–C) groups is 1. The van der Waals surface area contributed by atoms with E-state index in [1.54, 1.807) is 11.8 Å². The fourth-order valence-corrected chi connectivity index (χ4v) is 3.01. The van der Waals surface area contributed by atoms with Crippen molar-refractivity contribution in [3.63, 3.8) is 0 Å². The Morgan fingerprint density at radius 2 is 2.39 bits per heavy atom. The van der Waals surface area contributed by atoms with Gasteiger partial charge >= 0.3 is 5.97 Å². The topological polar surface area (TPSA) is 38.7 Å². The van der Waals surface area contributed by atoms with Gasteiger partial charge in [-0.2, -0.15) is 0 Å².